The number of hydrogen-bond donors (Lipinski definition) is 1. The van der Waals surface area contributed by atoms with Crippen molar-refractivity contribution in [2.75, 3.05) is 26.8 Å². The van der Waals surface area contributed by atoms with Crippen LogP contribution in [0.2, 0.25) is 0 Å². The molecule has 100 valence electrons. The quantitative estimate of drug-likeness (QED) is 0.835. The summed E-state index contributed by atoms with van der Waals surface area (Å²) < 4.78 is 45.0. The first-order valence-corrected chi connectivity index (χ1v) is 5.69. The van der Waals surface area contributed by atoms with Crippen LogP contribution < -0.4 is 5.73 Å². The van der Waals surface area contributed by atoms with Gasteiger partial charge in [-0.2, -0.15) is 0 Å². The fourth-order valence-electron chi connectivity index (χ4n) is 2.34. The lowest BCUT2D eigenvalue weighted by Crippen LogP contribution is -2.30. The number of hydrogen-bond acceptors (Lipinski definition) is 3. The highest BCUT2D eigenvalue weighted by Crippen LogP contribution is 2.35. The number of rotatable bonds is 4. The van der Waals surface area contributed by atoms with Crippen molar-refractivity contribution in [2.45, 2.75) is 12.6 Å². The van der Waals surface area contributed by atoms with Gasteiger partial charge in [-0.05, 0) is 11.6 Å². The lowest BCUT2D eigenvalue weighted by atomic mass is 10.0. The molecule has 0 radical (unpaired) electrons. The number of nitrogens with two attached hydrogens (primary N) is 1. The van der Waals surface area contributed by atoms with Crippen molar-refractivity contribution in [1.82, 2.24) is 4.90 Å². The van der Waals surface area contributed by atoms with Gasteiger partial charge in [0, 0.05) is 38.3 Å². The van der Waals surface area contributed by atoms with E-state index in [9.17, 15) is 13.2 Å². The monoisotopic (exact) mass is 260 g/mol. The third kappa shape index (κ3) is 2.11. The maximum absolute atomic E-state index is 13.7. The largest absolute Gasteiger partial charge is 0.383 e. The standard InChI is InChI=1S/C12H15F3N2O/c1-18-3-2-17-6-8-7(10(17)5-16)4-9(13)12(15)11(8)14/h4,10H,2-3,5-6,16H2,1H3. The molecule has 0 saturated heterocycles. The molecule has 2 N–H and O–H groups in total. The van der Waals surface area contributed by atoms with Gasteiger partial charge in [-0.15, -0.1) is 0 Å². The van der Waals surface area contributed by atoms with E-state index in [-0.39, 0.29) is 24.7 Å². The Morgan fingerprint density at radius 2 is 2.11 bits per heavy atom. The van der Waals surface area contributed by atoms with Crippen LogP contribution in [0.4, 0.5) is 13.2 Å². The molecule has 3 nitrogen and oxygen atoms in total. The molecule has 1 heterocycles. The van der Waals surface area contributed by atoms with Gasteiger partial charge in [0.1, 0.15) is 0 Å². The fourth-order valence-corrected chi connectivity index (χ4v) is 2.34. The summed E-state index contributed by atoms with van der Waals surface area (Å²) in [7, 11) is 1.56. The van der Waals surface area contributed by atoms with E-state index in [1.807, 2.05) is 4.90 Å². The lowest BCUT2D eigenvalue weighted by molar-refractivity contribution is 0.127. The smallest absolute Gasteiger partial charge is 0.194 e. The van der Waals surface area contributed by atoms with Crippen LogP contribution >= 0.6 is 0 Å². The average Bonchev–Trinajstić information content (AvgIpc) is 2.71. The van der Waals surface area contributed by atoms with Gasteiger partial charge in [-0.1, -0.05) is 0 Å². The number of benzene rings is 1. The Morgan fingerprint density at radius 3 is 2.72 bits per heavy atom. The van der Waals surface area contributed by atoms with Gasteiger partial charge in [0.05, 0.1) is 6.61 Å². The number of methoxy groups -OCH3 is 1. The Kier molecular flexibility index (Phi) is 3.89. The zero-order chi connectivity index (χ0) is 13.3. The Morgan fingerprint density at radius 1 is 1.39 bits per heavy atom. The summed E-state index contributed by atoms with van der Waals surface area (Å²) in [5, 5.41) is 0. The van der Waals surface area contributed by atoms with Crippen LogP contribution in [0.25, 0.3) is 0 Å². The van der Waals surface area contributed by atoms with E-state index in [1.54, 1.807) is 7.11 Å². The predicted octanol–water partition coefficient (Wildman–Crippen LogP) is 1.57. The molecule has 1 aromatic carbocycles. The molecule has 1 aliphatic rings. The molecule has 18 heavy (non-hydrogen) atoms. The van der Waals surface area contributed by atoms with Crippen LogP contribution in [0.1, 0.15) is 17.2 Å². The second-order valence-corrected chi connectivity index (χ2v) is 4.27. The van der Waals surface area contributed by atoms with E-state index in [0.717, 1.165) is 6.07 Å². The van der Waals surface area contributed by atoms with Crippen molar-refractivity contribution < 1.29 is 17.9 Å². The van der Waals surface area contributed by atoms with E-state index in [2.05, 4.69) is 0 Å². The van der Waals surface area contributed by atoms with Gasteiger partial charge >= 0.3 is 0 Å². The molecule has 0 saturated carbocycles. The highest BCUT2D eigenvalue weighted by Gasteiger charge is 2.33. The molecule has 1 aliphatic heterocycles. The van der Waals surface area contributed by atoms with Crippen molar-refractivity contribution in [3.63, 3.8) is 0 Å². The van der Waals surface area contributed by atoms with Crippen molar-refractivity contribution in [3.8, 4) is 0 Å². The van der Waals surface area contributed by atoms with Crippen LogP contribution in [0.15, 0.2) is 6.07 Å². The maximum Gasteiger partial charge on any atom is 0.194 e. The first kappa shape index (κ1) is 13.3. The van der Waals surface area contributed by atoms with E-state index in [0.29, 0.717) is 18.7 Å². The average molecular weight is 260 g/mol. The zero-order valence-electron chi connectivity index (χ0n) is 10.0. The van der Waals surface area contributed by atoms with Crippen molar-refractivity contribution in [1.29, 1.82) is 0 Å². The molecular formula is C12H15F3N2O. The molecule has 1 unspecified atom stereocenters. The van der Waals surface area contributed by atoms with E-state index in [4.69, 9.17) is 10.5 Å². The molecular weight excluding hydrogens is 245 g/mol. The van der Waals surface area contributed by atoms with Crippen LogP contribution in [0.3, 0.4) is 0 Å². The molecule has 1 aromatic rings. The Hall–Kier alpha value is -1.11. The SMILES string of the molecule is COCCN1Cc2c(cc(F)c(F)c2F)C1CN. The highest BCUT2D eigenvalue weighted by molar-refractivity contribution is 5.37. The van der Waals surface area contributed by atoms with Crippen molar-refractivity contribution in [2.24, 2.45) is 5.73 Å². The highest BCUT2D eigenvalue weighted by atomic mass is 19.2. The molecule has 2 rings (SSSR count). The molecule has 1 atom stereocenters. The third-order valence-corrected chi connectivity index (χ3v) is 3.26. The summed E-state index contributed by atoms with van der Waals surface area (Å²) in [6, 6.07) is 0.748. The summed E-state index contributed by atoms with van der Waals surface area (Å²) in [4.78, 5) is 1.86. The summed E-state index contributed by atoms with van der Waals surface area (Å²) in [5.74, 6) is -3.69. The van der Waals surface area contributed by atoms with E-state index in [1.165, 1.54) is 0 Å². The number of fused-ring (bicyclic) bond motifs is 1. The van der Waals surface area contributed by atoms with Crippen LogP contribution in [-0.2, 0) is 11.3 Å². The minimum absolute atomic E-state index is 0.195. The van der Waals surface area contributed by atoms with Gasteiger partial charge in [0.15, 0.2) is 17.5 Å². The number of halogens is 3. The predicted molar refractivity (Wildman–Crippen MR) is 60.4 cm³/mol. The van der Waals surface area contributed by atoms with Gasteiger partial charge in [-0.3, -0.25) is 4.90 Å². The zero-order valence-corrected chi connectivity index (χ0v) is 10.0. The lowest BCUT2D eigenvalue weighted by Gasteiger charge is -2.23. The summed E-state index contributed by atoms with van der Waals surface area (Å²) in [6.45, 7) is 1.44. The van der Waals surface area contributed by atoms with Crippen LogP contribution in [0.5, 0.6) is 0 Å². The third-order valence-electron chi connectivity index (χ3n) is 3.26. The first-order chi connectivity index (χ1) is 8.60. The molecule has 0 aromatic heterocycles. The number of nitrogens with zero attached hydrogens (tertiary/aromatic N) is 1. The minimum Gasteiger partial charge on any atom is -0.383 e. The van der Waals surface area contributed by atoms with Gasteiger partial charge in [0.2, 0.25) is 0 Å². The normalized spacial score (nSPS) is 19.3. The van der Waals surface area contributed by atoms with Crippen LogP contribution in [-0.4, -0.2) is 31.7 Å². The fraction of sp³-hybridized carbons (Fsp3) is 0.500. The molecule has 0 fully saturated rings. The van der Waals surface area contributed by atoms with Crippen molar-refractivity contribution >= 4 is 0 Å². The van der Waals surface area contributed by atoms with Gasteiger partial charge in [0.25, 0.3) is 0 Å². The molecule has 0 aliphatic carbocycles. The molecule has 6 heteroatoms. The van der Waals surface area contributed by atoms with Crippen LogP contribution in [0, 0.1) is 17.5 Å². The first-order valence-electron chi connectivity index (χ1n) is 5.69. The molecule has 0 spiro atoms. The summed E-state index contributed by atoms with van der Waals surface area (Å²) in [5.41, 5.74) is 6.26. The molecule has 0 amide bonds. The Labute approximate surface area is 103 Å². The second-order valence-electron chi connectivity index (χ2n) is 4.27. The van der Waals surface area contributed by atoms with Gasteiger partial charge in [-0.25, -0.2) is 13.2 Å². The summed E-state index contributed by atoms with van der Waals surface area (Å²) >= 11 is 0. The maximum atomic E-state index is 13.7. The van der Waals surface area contributed by atoms with Crippen molar-refractivity contribution in [3.05, 3.63) is 34.6 Å². The summed E-state index contributed by atoms with van der Waals surface area (Å²) in [6.07, 6.45) is 0. The number of ether oxygens (including phenoxy) is 1. The minimum atomic E-state index is -1.42. The molecule has 0 bridgehead atoms. The Balaban J connectivity index is 2.35. The van der Waals surface area contributed by atoms with E-state index >= 15 is 0 Å². The van der Waals surface area contributed by atoms with E-state index < -0.39 is 17.5 Å². The Bertz CT molecular complexity index is 453. The topological polar surface area (TPSA) is 38.5 Å². The van der Waals surface area contributed by atoms with Gasteiger partial charge < -0.3 is 10.5 Å². The second kappa shape index (κ2) is 5.26.